The Balaban J connectivity index is 1.92. The van der Waals surface area contributed by atoms with Crippen LogP contribution in [0.1, 0.15) is 20.8 Å². The minimum atomic E-state index is -1.01. The molecule has 2 aromatic carbocycles. The number of esters is 1. The van der Waals surface area contributed by atoms with Crippen LogP contribution >= 0.6 is 0 Å². The molecule has 0 fully saturated rings. The zero-order valence-electron chi connectivity index (χ0n) is 16.1. The number of benzene rings is 2. The summed E-state index contributed by atoms with van der Waals surface area (Å²) in [5.41, 5.74) is 1.21. The van der Waals surface area contributed by atoms with Crippen molar-refractivity contribution in [2.75, 3.05) is 10.6 Å². The van der Waals surface area contributed by atoms with Crippen LogP contribution in [0.2, 0.25) is 0 Å². The number of carbonyl (C=O) groups excluding carboxylic acids is 3. The largest absolute Gasteiger partial charge is 0.451 e. The van der Waals surface area contributed by atoms with Crippen molar-refractivity contribution in [2.24, 2.45) is 5.92 Å². The van der Waals surface area contributed by atoms with Crippen molar-refractivity contribution in [3.05, 3.63) is 60.7 Å². The molecule has 0 aliphatic heterocycles. The first-order chi connectivity index (χ1) is 13.4. The van der Waals surface area contributed by atoms with Crippen molar-refractivity contribution in [3.63, 3.8) is 0 Å². The highest BCUT2D eigenvalue weighted by Gasteiger charge is 2.29. The van der Waals surface area contributed by atoms with Gasteiger partial charge in [-0.05, 0) is 37.1 Å². The SMILES string of the molecule is CC(C)[C@H](NC(=O)Nc1ccccc1)C(=O)O[C@@H](C)C(=O)Nc1ccccc1. The summed E-state index contributed by atoms with van der Waals surface area (Å²) in [6, 6.07) is 16.3. The maximum Gasteiger partial charge on any atom is 0.329 e. The Hall–Kier alpha value is -3.35. The van der Waals surface area contributed by atoms with E-state index in [1.165, 1.54) is 6.92 Å². The van der Waals surface area contributed by atoms with Gasteiger partial charge in [-0.15, -0.1) is 0 Å². The maximum atomic E-state index is 12.5. The summed E-state index contributed by atoms with van der Waals surface area (Å²) in [7, 11) is 0. The van der Waals surface area contributed by atoms with Crippen LogP contribution in [0.4, 0.5) is 16.2 Å². The summed E-state index contributed by atoms with van der Waals surface area (Å²) < 4.78 is 5.27. The molecule has 3 N–H and O–H groups in total. The molecule has 0 unspecified atom stereocenters. The van der Waals surface area contributed by atoms with Crippen LogP contribution in [0.25, 0.3) is 0 Å². The molecule has 0 saturated carbocycles. The van der Waals surface area contributed by atoms with Gasteiger partial charge in [-0.25, -0.2) is 9.59 Å². The zero-order chi connectivity index (χ0) is 20.5. The Morgan fingerprint density at radius 3 is 1.79 bits per heavy atom. The van der Waals surface area contributed by atoms with E-state index in [0.29, 0.717) is 11.4 Å². The van der Waals surface area contributed by atoms with Crippen LogP contribution in [-0.2, 0) is 14.3 Å². The van der Waals surface area contributed by atoms with Gasteiger partial charge in [0.2, 0.25) is 0 Å². The quantitative estimate of drug-likeness (QED) is 0.639. The molecule has 0 saturated heterocycles. The van der Waals surface area contributed by atoms with Crippen molar-refractivity contribution in [2.45, 2.75) is 32.9 Å². The summed E-state index contributed by atoms with van der Waals surface area (Å²) in [4.78, 5) is 36.9. The fourth-order valence-electron chi connectivity index (χ4n) is 2.39. The van der Waals surface area contributed by atoms with Gasteiger partial charge in [0, 0.05) is 11.4 Å². The summed E-state index contributed by atoms with van der Waals surface area (Å²) in [5, 5.41) is 7.93. The standard InChI is InChI=1S/C21H25N3O4/c1-14(2)18(24-21(27)23-17-12-8-5-9-13-17)20(26)28-15(3)19(25)22-16-10-6-4-7-11-16/h4-15,18H,1-3H3,(H,22,25)(H2,23,24,27)/t15-,18-/m0/s1. The third kappa shape index (κ3) is 6.42. The molecule has 3 amide bonds. The third-order valence-electron chi connectivity index (χ3n) is 3.94. The van der Waals surface area contributed by atoms with Crippen molar-refractivity contribution in [3.8, 4) is 0 Å². The number of para-hydroxylation sites is 2. The number of anilines is 2. The molecule has 148 valence electrons. The van der Waals surface area contributed by atoms with Crippen molar-refractivity contribution < 1.29 is 19.1 Å². The molecule has 7 heteroatoms. The fraction of sp³-hybridized carbons (Fsp3) is 0.286. The number of hydrogen-bond acceptors (Lipinski definition) is 4. The highest BCUT2D eigenvalue weighted by Crippen LogP contribution is 2.10. The van der Waals surface area contributed by atoms with Crippen LogP contribution in [0.5, 0.6) is 0 Å². The molecule has 2 aromatic rings. The maximum absolute atomic E-state index is 12.5. The third-order valence-corrected chi connectivity index (χ3v) is 3.94. The Labute approximate surface area is 164 Å². The van der Waals surface area contributed by atoms with E-state index in [1.807, 2.05) is 12.1 Å². The molecule has 7 nitrogen and oxygen atoms in total. The number of amides is 3. The Kier molecular flexibility index (Phi) is 7.56. The van der Waals surface area contributed by atoms with Crippen LogP contribution in [0.3, 0.4) is 0 Å². The molecule has 0 radical (unpaired) electrons. The van der Waals surface area contributed by atoms with Gasteiger partial charge in [-0.1, -0.05) is 50.2 Å². The number of carbonyl (C=O) groups is 3. The van der Waals surface area contributed by atoms with E-state index in [4.69, 9.17) is 4.74 Å². The van der Waals surface area contributed by atoms with Crippen molar-refractivity contribution in [1.82, 2.24) is 5.32 Å². The van der Waals surface area contributed by atoms with Gasteiger partial charge in [0.1, 0.15) is 6.04 Å². The van der Waals surface area contributed by atoms with Gasteiger partial charge in [0.05, 0.1) is 0 Å². The predicted octanol–water partition coefficient (Wildman–Crippen LogP) is 3.40. The van der Waals surface area contributed by atoms with Gasteiger partial charge in [-0.2, -0.15) is 0 Å². The van der Waals surface area contributed by atoms with E-state index in [0.717, 1.165) is 0 Å². The molecular formula is C21H25N3O4. The molecular weight excluding hydrogens is 358 g/mol. The molecule has 28 heavy (non-hydrogen) atoms. The van der Waals surface area contributed by atoms with Crippen molar-refractivity contribution in [1.29, 1.82) is 0 Å². The first-order valence-corrected chi connectivity index (χ1v) is 9.05. The first-order valence-electron chi connectivity index (χ1n) is 9.05. The lowest BCUT2D eigenvalue weighted by Crippen LogP contribution is -2.48. The average Bonchev–Trinajstić information content (AvgIpc) is 2.67. The number of ether oxygens (including phenoxy) is 1. The number of rotatable bonds is 7. The first kappa shape index (κ1) is 21.0. The summed E-state index contributed by atoms with van der Waals surface area (Å²) in [6.07, 6.45) is -1.01. The second-order valence-electron chi connectivity index (χ2n) is 6.62. The summed E-state index contributed by atoms with van der Waals surface area (Å²) >= 11 is 0. The van der Waals surface area contributed by atoms with Crippen molar-refractivity contribution >= 4 is 29.3 Å². The van der Waals surface area contributed by atoms with Gasteiger partial charge in [0.25, 0.3) is 5.91 Å². The minimum Gasteiger partial charge on any atom is -0.451 e. The monoisotopic (exact) mass is 383 g/mol. The van der Waals surface area contributed by atoms with Crippen LogP contribution in [-0.4, -0.2) is 30.1 Å². The Morgan fingerprint density at radius 2 is 1.29 bits per heavy atom. The number of urea groups is 1. The molecule has 2 rings (SSSR count). The van der Waals surface area contributed by atoms with Gasteiger partial charge in [0.15, 0.2) is 6.10 Å². The lowest BCUT2D eigenvalue weighted by Gasteiger charge is -2.23. The normalized spacial score (nSPS) is 12.6. The van der Waals surface area contributed by atoms with Crippen LogP contribution in [0.15, 0.2) is 60.7 Å². The zero-order valence-corrected chi connectivity index (χ0v) is 16.1. The van der Waals surface area contributed by atoms with Crippen LogP contribution in [0, 0.1) is 5.92 Å². The molecule has 0 aromatic heterocycles. The smallest absolute Gasteiger partial charge is 0.329 e. The van der Waals surface area contributed by atoms with E-state index < -0.39 is 30.1 Å². The summed E-state index contributed by atoms with van der Waals surface area (Å²) in [5.74, 6) is -1.34. The Bertz CT molecular complexity index is 794. The highest BCUT2D eigenvalue weighted by molar-refractivity contribution is 5.96. The van der Waals surface area contributed by atoms with Gasteiger partial charge < -0.3 is 20.7 Å². The minimum absolute atomic E-state index is 0.224. The van der Waals surface area contributed by atoms with Crippen LogP contribution < -0.4 is 16.0 Å². The molecule has 0 spiro atoms. The van der Waals surface area contributed by atoms with E-state index in [-0.39, 0.29) is 5.92 Å². The topological polar surface area (TPSA) is 96.5 Å². The summed E-state index contributed by atoms with van der Waals surface area (Å²) in [6.45, 7) is 5.05. The van der Waals surface area contributed by atoms with E-state index in [9.17, 15) is 14.4 Å². The number of hydrogen-bond donors (Lipinski definition) is 3. The van der Waals surface area contributed by atoms with Gasteiger partial charge in [-0.3, -0.25) is 4.79 Å². The Morgan fingerprint density at radius 1 is 0.786 bits per heavy atom. The lowest BCUT2D eigenvalue weighted by atomic mass is 10.0. The second kappa shape index (κ2) is 10.1. The predicted molar refractivity (Wildman–Crippen MR) is 108 cm³/mol. The van der Waals surface area contributed by atoms with E-state index >= 15 is 0 Å². The average molecular weight is 383 g/mol. The molecule has 0 aliphatic carbocycles. The molecule has 0 heterocycles. The second-order valence-corrected chi connectivity index (χ2v) is 6.62. The highest BCUT2D eigenvalue weighted by atomic mass is 16.5. The molecule has 0 bridgehead atoms. The lowest BCUT2D eigenvalue weighted by molar-refractivity contribution is -0.156. The number of nitrogens with one attached hydrogen (secondary N) is 3. The van der Waals surface area contributed by atoms with Gasteiger partial charge >= 0.3 is 12.0 Å². The van der Waals surface area contributed by atoms with E-state index in [2.05, 4.69) is 16.0 Å². The molecule has 2 atom stereocenters. The van der Waals surface area contributed by atoms with E-state index in [1.54, 1.807) is 62.4 Å². The fourth-order valence-corrected chi connectivity index (χ4v) is 2.39. The molecule has 0 aliphatic rings.